The fourth-order valence-electron chi connectivity index (χ4n) is 2.65. The summed E-state index contributed by atoms with van der Waals surface area (Å²) in [5.41, 5.74) is 5.92. The van der Waals surface area contributed by atoms with Crippen LogP contribution < -0.4 is 10.5 Å². The van der Waals surface area contributed by atoms with E-state index in [0.29, 0.717) is 0 Å². The van der Waals surface area contributed by atoms with E-state index in [2.05, 4.69) is 0 Å². The van der Waals surface area contributed by atoms with E-state index in [4.69, 9.17) is 10.5 Å². The monoisotopic (exact) mass is 432 g/mol. The average Bonchev–Trinajstić information content (AvgIpc) is 2.66. The van der Waals surface area contributed by atoms with Gasteiger partial charge in [0.25, 0.3) is 0 Å². The zero-order valence-electron chi connectivity index (χ0n) is 15.8. The fourth-order valence-corrected chi connectivity index (χ4v) is 2.65. The molecule has 1 amide bonds. The maximum absolute atomic E-state index is 12.9. The Kier molecular flexibility index (Phi) is 9.42. The molecule has 0 aliphatic heterocycles. The zero-order valence-corrected chi connectivity index (χ0v) is 16.6. The quantitative estimate of drug-likeness (QED) is 0.670. The molecule has 2 unspecified atom stereocenters. The lowest BCUT2D eigenvalue weighted by Crippen LogP contribution is -2.38. The molecule has 2 rings (SSSR count). The zero-order chi connectivity index (χ0) is 20.7. The number of aliphatic hydroxyl groups excluding tert-OH is 1. The highest BCUT2D eigenvalue weighted by molar-refractivity contribution is 5.85. The topological polar surface area (TPSA) is 75.8 Å². The van der Waals surface area contributed by atoms with Gasteiger partial charge in [0.15, 0.2) is 0 Å². The van der Waals surface area contributed by atoms with Gasteiger partial charge in [0, 0.05) is 26.1 Å². The van der Waals surface area contributed by atoms with Gasteiger partial charge in [0.2, 0.25) is 5.91 Å². The SMILES string of the molecule is CN(CC(O)COc1ccccc1C(F)(F)F)C(=O)CC(N)c1ccccc1.Cl. The van der Waals surface area contributed by atoms with Gasteiger partial charge in [-0.25, -0.2) is 0 Å². The molecular formula is C20H24ClF3N2O3. The molecule has 3 N–H and O–H groups in total. The molecule has 0 saturated carbocycles. The summed E-state index contributed by atoms with van der Waals surface area (Å²) in [6.07, 6.45) is -5.66. The smallest absolute Gasteiger partial charge is 0.419 e. The first-order chi connectivity index (χ1) is 13.2. The third-order valence-electron chi connectivity index (χ3n) is 4.16. The van der Waals surface area contributed by atoms with E-state index < -0.39 is 23.9 Å². The van der Waals surface area contributed by atoms with Crippen LogP contribution in [0.2, 0.25) is 0 Å². The van der Waals surface area contributed by atoms with Crippen LogP contribution in [0, 0.1) is 0 Å². The van der Waals surface area contributed by atoms with Crippen LogP contribution in [0.5, 0.6) is 5.75 Å². The number of para-hydroxylation sites is 1. The minimum Gasteiger partial charge on any atom is -0.490 e. The minimum absolute atomic E-state index is 0. The lowest BCUT2D eigenvalue weighted by atomic mass is 10.0. The van der Waals surface area contributed by atoms with Crippen LogP contribution in [-0.4, -0.2) is 42.2 Å². The summed E-state index contributed by atoms with van der Waals surface area (Å²) < 4.78 is 44.0. The lowest BCUT2D eigenvalue weighted by molar-refractivity contribution is -0.139. The van der Waals surface area contributed by atoms with Gasteiger partial charge < -0.3 is 20.5 Å². The summed E-state index contributed by atoms with van der Waals surface area (Å²) in [5.74, 6) is -0.653. The summed E-state index contributed by atoms with van der Waals surface area (Å²) in [5, 5.41) is 10.0. The van der Waals surface area contributed by atoms with E-state index in [0.717, 1.165) is 11.6 Å². The number of aliphatic hydroxyl groups is 1. The Morgan fingerprint density at radius 1 is 1.14 bits per heavy atom. The predicted octanol–water partition coefficient (Wildman–Crippen LogP) is 3.42. The van der Waals surface area contributed by atoms with Gasteiger partial charge in [-0.3, -0.25) is 4.79 Å². The number of alkyl halides is 3. The summed E-state index contributed by atoms with van der Waals surface area (Å²) in [4.78, 5) is 13.6. The van der Waals surface area contributed by atoms with Gasteiger partial charge >= 0.3 is 6.18 Å². The van der Waals surface area contributed by atoms with Gasteiger partial charge in [-0.05, 0) is 17.7 Å². The van der Waals surface area contributed by atoms with Gasteiger partial charge in [-0.2, -0.15) is 13.2 Å². The molecule has 0 aliphatic rings. The van der Waals surface area contributed by atoms with E-state index in [1.807, 2.05) is 30.3 Å². The van der Waals surface area contributed by atoms with Crippen molar-refractivity contribution < 1.29 is 27.8 Å². The van der Waals surface area contributed by atoms with E-state index in [1.165, 1.54) is 30.1 Å². The van der Waals surface area contributed by atoms with Crippen molar-refractivity contribution in [1.29, 1.82) is 0 Å². The van der Waals surface area contributed by atoms with Crippen LogP contribution in [0.4, 0.5) is 13.2 Å². The standard InChI is InChI=1S/C20H23F3N2O3.ClH/c1-25(19(27)11-17(24)14-7-3-2-4-8-14)12-15(26)13-28-18-10-6-5-9-16(18)20(21,22)23;/h2-10,15,17,26H,11-13,24H2,1H3;1H. The molecule has 5 nitrogen and oxygen atoms in total. The van der Waals surface area contributed by atoms with Crippen molar-refractivity contribution in [2.45, 2.75) is 24.7 Å². The Morgan fingerprint density at radius 2 is 1.72 bits per heavy atom. The van der Waals surface area contributed by atoms with E-state index in [9.17, 15) is 23.1 Å². The molecule has 0 heterocycles. The Morgan fingerprint density at radius 3 is 2.34 bits per heavy atom. The summed E-state index contributed by atoms with van der Waals surface area (Å²) in [6.45, 7) is -0.468. The molecular weight excluding hydrogens is 409 g/mol. The maximum atomic E-state index is 12.9. The van der Waals surface area contributed by atoms with Crippen LogP contribution in [0.1, 0.15) is 23.6 Å². The molecule has 2 aromatic rings. The Labute approximate surface area is 173 Å². The molecule has 0 radical (unpaired) electrons. The van der Waals surface area contributed by atoms with Crippen molar-refractivity contribution in [3.8, 4) is 5.75 Å². The van der Waals surface area contributed by atoms with Crippen LogP contribution in [0.3, 0.4) is 0 Å². The number of nitrogens with two attached hydrogens (primary N) is 1. The second-order valence-electron chi connectivity index (χ2n) is 6.45. The third kappa shape index (κ3) is 7.56. The van der Waals surface area contributed by atoms with Crippen molar-refractivity contribution >= 4 is 18.3 Å². The van der Waals surface area contributed by atoms with E-state index in [1.54, 1.807) is 0 Å². The van der Waals surface area contributed by atoms with Crippen LogP contribution >= 0.6 is 12.4 Å². The molecule has 0 spiro atoms. The highest BCUT2D eigenvalue weighted by atomic mass is 35.5. The first-order valence-corrected chi connectivity index (χ1v) is 8.70. The summed E-state index contributed by atoms with van der Waals surface area (Å²) >= 11 is 0. The number of carbonyl (C=O) groups excluding carboxylic acids is 1. The number of amides is 1. The van der Waals surface area contributed by atoms with E-state index >= 15 is 0 Å². The molecule has 2 aromatic carbocycles. The van der Waals surface area contributed by atoms with Gasteiger partial charge in [0.1, 0.15) is 18.5 Å². The van der Waals surface area contributed by atoms with Crippen LogP contribution in [0.15, 0.2) is 54.6 Å². The van der Waals surface area contributed by atoms with Crippen molar-refractivity contribution in [1.82, 2.24) is 4.90 Å². The van der Waals surface area contributed by atoms with Crippen LogP contribution in [0.25, 0.3) is 0 Å². The highest BCUT2D eigenvalue weighted by Crippen LogP contribution is 2.35. The Hall–Kier alpha value is -2.29. The van der Waals surface area contributed by atoms with Crippen molar-refractivity contribution in [3.63, 3.8) is 0 Å². The van der Waals surface area contributed by atoms with Crippen molar-refractivity contribution in [2.75, 3.05) is 20.2 Å². The second-order valence-corrected chi connectivity index (χ2v) is 6.45. The maximum Gasteiger partial charge on any atom is 0.419 e. The minimum atomic E-state index is -4.55. The summed E-state index contributed by atoms with van der Waals surface area (Å²) in [7, 11) is 1.49. The lowest BCUT2D eigenvalue weighted by Gasteiger charge is -2.23. The number of carbonyl (C=O) groups is 1. The van der Waals surface area contributed by atoms with Crippen molar-refractivity contribution in [3.05, 3.63) is 65.7 Å². The van der Waals surface area contributed by atoms with Gasteiger partial charge in [-0.1, -0.05) is 42.5 Å². The molecule has 0 fully saturated rings. The predicted molar refractivity (Wildman–Crippen MR) is 106 cm³/mol. The number of likely N-dealkylation sites (N-methyl/N-ethyl adjacent to an activating group) is 1. The first-order valence-electron chi connectivity index (χ1n) is 8.70. The fraction of sp³-hybridized carbons (Fsp3) is 0.350. The van der Waals surface area contributed by atoms with Gasteiger partial charge in [0.05, 0.1) is 5.56 Å². The molecule has 160 valence electrons. The molecule has 0 aromatic heterocycles. The number of ether oxygens (including phenoxy) is 1. The number of halogens is 4. The number of nitrogens with zero attached hydrogens (tertiary/aromatic N) is 1. The normalized spacial score (nSPS) is 13.2. The van der Waals surface area contributed by atoms with Crippen molar-refractivity contribution in [2.24, 2.45) is 5.73 Å². The third-order valence-corrected chi connectivity index (χ3v) is 4.16. The van der Waals surface area contributed by atoms with E-state index in [-0.39, 0.29) is 43.6 Å². The number of hydrogen-bond acceptors (Lipinski definition) is 4. The Bertz CT molecular complexity index is 775. The first kappa shape index (κ1) is 24.7. The average molecular weight is 433 g/mol. The Balaban J connectivity index is 0.00000420. The van der Waals surface area contributed by atoms with Gasteiger partial charge in [-0.15, -0.1) is 12.4 Å². The highest BCUT2D eigenvalue weighted by Gasteiger charge is 2.34. The molecule has 0 bridgehead atoms. The number of rotatable bonds is 8. The number of hydrogen-bond donors (Lipinski definition) is 2. The number of benzene rings is 2. The largest absolute Gasteiger partial charge is 0.490 e. The van der Waals surface area contributed by atoms with Crippen LogP contribution in [-0.2, 0) is 11.0 Å². The molecule has 29 heavy (non-hydrogen) atoms. The molecule has 9 heteroatoms. The second kappa shape index (κ2) is 11.0. The summed E-state index contributed by atoms with van der Waals surface area (Å²) in [6, 6.07) is 13.4. The molecule has 2 atom stereocenters. The molecule has 0 aliphatic carbocycles. The molecule has 0 saturated heterocycles.